The van der Waals surface area contributed by atoms with Crippen LogP contribution in [0.5, 0.6) is 5.75 Å². The van der Waals surface area contributed by atoms with Gasteiger partial charge in [0.25, 0.3) is 5.91 Å². The van der Waals surface area contributed by atoms with Gasteiger partial charge in [-0.05, 0) is 44.9 Å². The van der Waals surface area contributed by atoms with Gasteiger partial charge in [-0.1, -0.05) is 6.07 Å². The van der Waals surface area contributed by atoms with E-state index in [0.29, 0.717) is 11.3 Å². The number of carbonyl (C=O) groups is 2. The second-order valence-corrected chi connectivity index (χ2v) is 5.20. The van der Waals surface area contributed by atoms with E-state index in [9.17, 15) is 9.59 Å². The first-order valence-electron chi connectivity index (χ1n) is 6.76. The zero-order chi connectivity index (χ0) is 14.7. The van der Waals surface area contributed by atoms with Gasteiger partial charge in [0, 0.05) is 17.6 Å². The zero-order valence-corrected chi connectivity index (χ0v) is 11.7. The summed E-state index contributed by atoms with van der Waals surface area (Å²) in [5.41, 5.74) is 0.536. The SMILES string of the molecule is CC1CCC(C)N1C(=O)c1cccc(OCC(=O)O)c1. The molecule has 5 nitrogen and oxygen atoms in total. The van der Waals surface area contributed by atoms with E-state index < -0.39 is 12.6 Å². The molecule has 0 aliphatic carbocycles. The summed E-state index contributed by atoms with van der Waals surface area (Å²) in [5.74, 6) is -0.662. The van der Waals surface area contributed by atoms with Crippen molar-refractivity contribution in [1.82, 2.24) is 4.90 Å². The molecule has 1 amide bonds. The topological polar surface area (TPSA) is 66.8 Å². The summed E-state index contributed by atoms with van der Waals surface area (Å²) in [6, 6.07) is 7.16. The van der Waals surface area contributed by atoms with Crippen molar-refractivity contribution in [3.05, 3.63) is 29.8 Å². The van der Waals surface area contributed by atoms with Gasteiger partial charge in [0.1, 0.15) is 5.75 Å². The van der Waals surface area contributed by atoms with Gasteiger partial charge in [-0.3, -0.25) is 4.79 Å². The normalized spacial score (nSPS) is 21.8. The maximum atomic E-state index is 12.5. The van der Waals surface area contributed by atoms with Crippen LogP contribution in [0.1, 0.15) is 37.0 Å². The van der Waals surface area contributed by atoms with E-state index in [1.54, 1.807) is 24.3 Å². The lowest BCUT2D eigenvalue weighted by atomic mass is 10.1. The van der Waals surface area contributed by atoms with Crippen molar-refractivity contribution in [1.29, 1.82) is 0 Å². The van der Waals surface area contributed by atoms with Crippen molar-refractivity contribution in [2.24, 2.45) is 0 Å². The number of hydrogen-bond acceptors (Lipinski definition) is 3. The first-order valence-corrected chi connectivity index (χ1v) is 6.76. The lowest BCUT2D eigenvalue weighted by molar-refractivity contribution is -0.139. The molecule has 2 unspecified atom stereocenters. The third-order valence-electron chi connectivity index (χ3n) is 3.63. The largest absolute Gasteiger partial charge is 0.482 e. The third-order valence-corrected chi connectivity index (χ3v) is 3.63. The molecule has 1 fully saturated rings. The van der Waals surface area contributed by atoms with E-state index >= 15 is 0 Å². The molecule has 2 rings (SSSR count). The summed E-state index contributed by atoms with van der Waals surface area (Å²) in [6.45, 7) is 3.69. The number of nitrogens with zero attached hydrogens (tertiary/aromatic N) is 1. The molecule has 5 heteroatoms. The van der Waals surface area contributed by atoms with E-state index in [2.05, 4.69) is 0 Å². The van der Waals surface area contributed by atoms with Gasteiger partial charge in [0.2, 0.25) is 0 Å². The van der Waals surface area contributed by atoms with Crippen LogP contribution in [0.3, 0.4) is 0 Å². The minimum atomic E-state index is -1.04. The predicted octanol–water partition coefficient (Wildman–Crippen LogP) is 2.16. The van der Waals surface area contributed by atoms with Crippen molar-refractivity contribution in [3.63, 3.8) is 0 Å². The van der Waals surface area contributed by atoms with Gasteiger partial charge < -0.3 is 14.7 Å². The quantitative estimate of drug-likeness (QED) is 0.915. The first-order chi connectivity index (χ1) is 9.49. The van der Waals surface area contributed by atoms with E-state index in [1.807, 2.05) is 18.7 Å². The van der Waals surface area contributed by atoms with Crippen LogP contribution in [0, 0.1) is 0 Å². The van der Waals surface area contributed by atoms with E-state index in [1.165, 1.54) is 0 Å². The second kappa shape index (κ2) is 5.94. The van der Waals surface area contributed by atoms with Crippen LogP contribution in [0.15, 0.2) is 24.3 Å². The highest BCUT2D eigenvalue weighted by molar-refractivity contribution is 5.95. The summed E-state index contributed by atoms with van der Waals surface area (Å²) >= 11 is 0. The number of likely N-dealkylation sites (tertiary alicyclic amines) is 1. The van der Waals surface area contributed by atoms with Gasteiger partial charge in [0.05, 0.1) is 0 Å². The minimum absolute atomic E-state index is 0.0247. The average Bonchev–Trinajstić information content (AvgIpc) is 2.75. The Morgan fingerprint density at radius 3 is 2.55 bits per heavy atom. The Bertz CT molecular complexity index is 504. The highest BCUT2D eigenvalue weighted by Gasteiger charge is 2.31. The summed E-state index contributed by atoms with van der Waals surface area (Å²) < 4.78 is 5.10. The van der Waals surface area contributed by atoms with E-state index in [-0.39, 0.29) is 18.0 Å². The number of amides is 1. The second-order valence-electron chi connectivity index (χ2n) is 5.20. The summed E-state index contributed by atoms with van der Waals surface area (Å²) in [6.07, 6.45) is 2.03. The van der Waals surface area contributed by atoms with Crippen LogP contribution in [-0.2, 0) is 4.79 Å². The number of ether oxygens (including phenoxy) is 1. The van der Waals surface area contributed by atoms with E-state index in [4.69, 9.17) is 9.84 Å². The van der Waals surface area contributed by atoms with Crippen LogP contribution in [0.2, 0.25) is 0 Å². The van der Waals surface area contributed by atoms with Gasteiger partial charge in [-0.2, -0.15) is 0 Å². The van der Waals surface area contributed by atoms with Crippen molar-refractivity contribution in [2.45, 2.75) is 38.8 Å². The Morgan fingerprint density at radius 1 is 1.30 bits per heavy atom. The molecule has 0 saturated carbocycles. The van der Waals surface area contributed by atoms with E-state index in [0.717, 1.165) is 12.8 Å². The minimum Gasteiger partial charge on any atom is -0.482 e. The highest BCUT2D eigenvalue weighted by atomic mass is 16.5. The number of carboxylic acids is 1. The molecule has 0 spiro atoms. The summed E-state index contributed by atoms with van der Waals surface area (Å²) in [4.78, 5) is 24.9. The molecule has 1 aromatic rings. The number of rotatable bonds is 4. The van der Waals surface area contributed by atoms with Crippen molar-refractivity contribution >= 4 is 11.9 Å². The Hall–Kier alpha value is -2.04. The molecule has 2 atom stereocenters. The Balaban J connectivity index is 2.14. The molecule has 1 saturated heterocycles. The van der Waals surface area contributed by atoms with Crippen molar-refractivity contribution in [2.75, 3.05) is 6.61 Å². The van der Waals surface area contributed by atoms with Crippen LogP contribution in [-0.4, -0.2) is 40.6 Å². The Kier molecular flexibility index (Phi) is 4.27. The van der Waals surface area contributed by atoms with Crippen molar-refractivity contribution in [3.8, 4) is 5.75 Å². The standard InChI is InChI=1S/C15H19NO4/c1-10-6-7-11(2)16(10)15(19)12-4-3-5-13(8-12)20-9-14(17)18/h3-5,8,10-11H,6-7,9H2,1-2H3,(H,17,18). The molecule has 0 aromatic heterocycles. The molecule has 1 N–H and O–H groups in total. The molecule has 1 aliphatic rings. The Labute approximate surface area is 118 Å². The first kappa shape index (κ1) is 14.4. The fraction of sp³-hybridized carbons (Fsp3) is 0.467. The maximum absolute atomic E-state index is 12.5. The molecular formula is C15H19NO4. The molecule has 1 heterocycles. The number of benzene rings is 1. The van der Waals surface area contributed by atoms with Crippen LogP contribution in [0.25, 0.3) is 0 Å². The molecule has 20 heavy (non-hydrogen) atoms. The molecule has 108 valence electrons. The summed E-state index contributed by atoms with van der Waals surface area (Å²) in [7, 11) is 0. The molecule has 1 aromatic carbocycles. The molecular weight excluding hydrogens is 258 g/mol. The molecule has 0 radical (unpaired) electrons. The summed E-state index contributed by atoms with van der Waals surface area (Å²) in [5, 5.41) is 8.60. The maximum Gasteiger partial charge on any atom is 0.341 e. The average molecular weight is 277 g/mol. The van der Waals surface area contributed by atoms with Gasteiger partial charge in [-0.25, -0.2) is 4.79 Å². The van der Waals surface area contributed by atoms with Crippen molar-refractivity contribution < 1.29 is 19.4 Å². The van der Waals surface area contributed by atoms with Crippen LogP contribution >= 0.6 is 0 Å². The number of carboxylic acid groups (broad SMARTS) is 1. The lowest BCUT2D eigenvalue weighted by Gasteiger charge is -2.26. The number of carbonyl (C=O) groups excluding carboxylic acids is 1. The van der Waals surface area contributed by atoms with Gasteiger partial charge >= 0.3 is 5.97 Å². The third kappa shape index (κ3) is 3.10. The highest BCUT2D eigenvalue weighted by Crippen LogP contribution is 2.26. The van der Waals surface area contributed by atoms with Gasteiger partial charge in [0.15, 0.2) is 6.61 Å². The lowest BCUT2D eigenvalue weighted by Crippen LogP contribution is -2.38. The monoisotopic (exact) mass is 277 g/mol. The van der Waals surface area contributed by atoms with Gasteiger partial charge in [-0.15, -0.1) is 0 Å². The fourth-order valence-corrected chi connectivity index (χ4v) is 2.61. The smallest absolute Gasteiger partial charge is 0.341 e. The van der Waals surface area contributed by atoms with Crippen LogP contribution in [0.4, 0.5) is 0 Å². The molecule has 1 aliphatic heterocycles. The van der Waals surface area contributed by atoms with Crippen LogP contribution < -0.4 is 4.74 Å². The Morgan fingerprint density at radius 2 is 1.95 bits per heavy atom. The fourth-order valence-electron chi connectivity index (χ4n) is 2.61. The zero-order valence-electron chi connectivity index (χ0n) is 11.7. The predicted molar refractivity (Wildman–Crippen MR) is 73.9 cm³/mol. The number of aliphatic carboxylic acids is 1. The molecule has 0 bridgehead atoms. The number of hydrogen-bond donors (Lipinski definition) is 1.